The zero-order valence-electron chi connectivity index (χ0n) is 27.8. The third-order valence-corrected chi connectivity index (χ3v) is 9.85. The molecule has 0 spiro atoms. The summed E-state index contributed by atoms with van der Waals surface area (Å²) in [5.41, 5.74) is 0.479. The van der Waals surface area contributed by atoms with Crippen molar-refractivity contribution in [1.82, 2.24) is 0 Å². The third kappa shape index (κ3) is 14.4. The lowest BCUT2D eigenvalue weighted by molar-refractivity contribution is 0.0733. The van der Waals surface area contributed by atoms with Crippen LogP contribution >= 0.6 is 15.9 Å². The van der Waals surface area contributed by atoms with E-state index in [1.54, 1.807) is 18.2 Å². The van der Waals surface area contributed by atoms with E-state index in [0.29, 0.717) is 22.4 Å². The summed E-state index contributed by atoms with van der Waals surface area (Å²) in [6.45, 7) is 5.99. The fraction of sp³-hybridized carbons (Fsp3) is 0.667. The molecule has 0 amide bonds. The molecule has 0 N–H and O–H groups in total. The average Bonchev–Trinajstić information content (AvgIpc) is 3.03. The molecule has 2 aromatic rings. The first-order chi connectivity index (χ1) is 21.6. The van der Waals surface area contributed by atoms with Gasteiger partial charge in [-0.2, -0.15) is 0 Å². The van der Waals surface area contributed by atoms with Crippen LogP contribution < -0.4 is 14.2 Å². The molecule has 44 heavy (non-hydrogen) atoms. The molecule has 1 fully saturated rings. The van der Waals surface area contributed by atoms with Gasteiger partial charge in [0.2, 0.25) is 0 Å². The van der Waals surface area contributed by atoms with Crippen molar-refractivity contribution in [2.75, 3.05) is 13.2 Å². The molecule has 0 aromatic heterocycles. The minimum absolute atomic E-state index is 0.396. The first-order valence-corrected chi connectivity index (χ1v) is 18.8. The van der Waals surface area contributed by atoms with Crippen molar-refractivity contribution in [1.29, 1.82) is 0 Å². The van der Waals surface area contributed by atoms with E-state index in [4.69, 9.17) is 14.2 Å². The molecule has 0 aliphatic heterocycles. The Bertz CT molecular complexity index is 1040. The highest BCUT2D eigenvalue weighted by Gasteiger charge is 2.24. The molecule has 2 unspecified atom stereocenters. The maximum Gasteiger partial charge on any atom is 0.344 e. The molecule has 0 saturated heterocycles. The first-order valence-electron chi connectivity index (χ1n) is 18.0. The van der Waals surface area contributed by atoms with Gasteiger partial charge in [-0.1, -0.05) is 123 Å². The van der Waals surface area contributed by atoms with Crippen LogP contribution in [0.25, 0.3) is 0 Å². The number of halogens is 1. The van der Waals surface area contributed by atoms with Crippen molar-refractivity contribution in [2.45, 2.75) is 142 Å². The maximum atomic E-state index is 12.8. The van der Waals surface area contributed by atoms with Crippen LogP contribution in [0.3, 0.4) is 0 Å². The minimum atomic E-state index is -0.396. The molecule has 3 rings (SSSR count). The highest BCUT2D eigenvalue weighted by Crippen LogP contribution is 2.36. The van der Waals surface area contributed by atoms with Crippen molar-refractivity contribution < 1.29 is 19.0 Å². The Morgan fingerprint density at radius 1 is 0.636 bits per heavy atom. The highest BCUT2D eigenvalue weighted by molar-refractivity contribution is 9.10. The predicted molar refractivity (Wildman–Crippen MR) is 187 cm³/mol. The Morgan fingerprint density at radius 3 is 1.77 bits per heavy atom. The fourth-order valence-corrected chi connectivity index (χ4v) is 7.05. The van der Waals surface area contributed by atoms with Crippen molar-refractivity contribution in [2.24, 2.45) is 11.8 Å². The SMILES string of the molecule is CCCCCCCCCCCCOc1ccc(C(=O)Oc2ccc(OCCCC3CCCCC3CCCCC)cc2)c(Br)c1. The molecule has 0 radical (unpaired) electrons. The number of carbonyl (C=O) groups is 1. The number of benzene rings is 2. The molecule has 2 atom stereocenters. The van der Waals surface area contributed by atoms with Crippen LogP contribution in [0.5, 0.6) is 17.2 Å². The third-order valence-electron chi connectivity index (χ3n) is 9.19. The summed E-state index contributed by atoms with van der Waals surface area (Å²) in [5.74, 6) is 3.48. The van der Waals surface area contributed by atoms with E-state index in [1.165, 1.54) is 116 Å². The van der Waals surface area contributed by atoms with Gasteiger partial charge in [-0.15, -0.1) is 0 Å². The quantitative estimate of drug-likeness (QED) is 0.0670. The van der Waals surface area contributed by atoms with Crippen LogP contribution in [-0.2, 0) is 0 Å². The topological polar surface area (TPSA) is 44.8 Å². The summed E-state index contributed by atoms with van der Waals surface area (Å²) in [5, 5.41) is 0. The van der Waals surface area contributed by atoms with Gasteiger partial charge in [0.25, 0.3) is 0 Å². The van der Waals surface area contributed by atoms with Crippen molar-refractivity contribution in [3.05, 3.63) is 52.5 Å². The second-order valence-electron chi connectivity index (χ2n) is 12.8. The zero-order chi connectivity index (χ0) is 31.2. The lowest BCUT2D eigenvalue weighted by atomic mass is 9.74. The summed E-state index contributed by atoms with van der Waals surface area (Å²) in [4.78, 5) is 12.8. The number of rotatable bonds is 23. The molecule has 1 aliphatic carbocycles. The molecule has 4 nitrogen and oxygen atoms in total. The van der Waals surface area contributed by atoms with Gasteiger partial charge in [-0.25, -0.2) is 4.79 Å². The van der Waals surface area contributed by atoms with Gasteiger partial charge in [-0.3, -0.25) is 0 Å². The van der Waals surface area contributed by atoms with Crippen LogP contribution in [0.1, 0.15) is 153 Å². The standard InChI is InChI=1S/C39H59BrO4/c1-3-5-7-8-9-10-11-12-13-17-29-43-36-27-28-37(38(40)31-36)39(41)44-35-25-23-34(24-26-35)42-30-18-22-33-21-16-15-20-32(33)19-14-6-4-2/h23-28,31-33H,3-22,29-30H2,1-2H3. The number of ether oxygens (including phenoxy) is 3. The molecule has 0 bridgehead atoms. The molecule has 1 aliphatic rings. The number of esters is 1. The number of hydrogen-bond acceptors (Lipinski definition) is 4. The summed E-state index contributed by atoms with van der Waals surface area (Å²) < 4.78 is 18.3. The van der Waals surface area contributed by atoms with Gasteiger partial charge in [0.1, 0.15) is 17.2 Å². The summed E-state index contributed by atoms with van der Waals surface area (Å²) in [7, 11) is 0. The molecule has 2 aromatic carbocycles. The van der Waals surface area contributed by atoms with Gasteiger partial charge in [0.05, 0.1) is 18.8 Å². The van der Waals surface area contributed by atoms with Crippen molar-refractivity contribution >= 4 is 21.9 Å². The number of hydrogen-bond donors (Lipinski definition) is 0. The van der Waals surface area contributed by atoms with Crippen LogP contribution in [0.4, 0.5) is 0 Å². The Balaban J connectivity index is 1.30. The van der Waals surface area contributed by atoms with Gasteiger partial charge >= 0.3 is 5.97 Å². The molecular formula is C39H59BrO4. The average molecular weight is 672 g/mol. The molecule has 1 saturated carbocycles. The highest BCUT2D eigenvalue weighted by atomic mass is 79.9. The largest absolute Gasteiger partial charge is 0.494 e. The van der Waals surface area contributed by atoms with E-state index >= 15 is 0 Å². The molecule has 5 heteroatoms. The van der Waals surface area contributed by atoms with Gasteiger partial charge in [0, 0.05) is 4.47 Å². The maximum absolute atomic E-state index is 12.8. The van der Waals surface area contributed by atoms with E-state index in [9.17, 15) is 4.79 Å². The van der Waals surface area contributed by atoms with Gasteiger partial charge in [0.15, 0.2) is 0 Å². The summed E-state index contributed by atoms with van der Waals surface area (Å²) >= 11 is 3.53. The van der Waals surface area contributed by atoms with Gasteiger partial charge in [-0.05, 0) is 89.5 Å². The Kier molecular flexibility index (Phi) is 18.6. The smallest absolute Gasteiger partial charge is 0.344 e. The second kappa shape index (κ2) is 22.5. The Morgan fingerprint density at radius 2 is 1.14 bits per heavy atom. The Hall–Kier alpha value is -2.01. The summed E-state index contributed by atoms with van der Waals surface area (Å²) in [6, 6.07) is 12.8. The van der Waals surface area contributed by atoms with E-state index < -0.39 is 5.97 Å². The normalized spacial score (nSPS) is 16.5. The molecule has 0 heterocycles. The van der Waals surface area contributed by atoms with E-state index in [0.717, 1.165) is 42.8 Å². The zero-order valence-corrected chi connectivity index (χ0v) is 29.3. The minimum Gasteiger partial charge on any atom is -0.494 e. The van der Waals surface area contributed by atoms with Crippen LogP contribution in [-0.4, -0.2) is 19.2 Å². The summed E-state index contributed by atoms with van der Waals surface area (Å²) in [6.07, 6.45) is 26.5. The number of carbonyl (C=O) groups excluding carboxylic acids is 1. The molecular weight excluding hydrogens is 612 g/mol. The Labute approximate surface area is 277 Å². The van der Waals surface area contributed by atoms with E-state index in [1.807, 2.05) is 24.3 Å². The lowest BCUT2D eigenvalue weighted by Crippen LogP contribution is -2.20. The molecule has 246 valence electrons. The first kappa shape index (κ1) is 36.5. The van der Waals surface area contributed by atoms with Crippen LogP contribution in [0.15, 0.2) is 46.9 Å². The van der Waals surface area contributed by atoms with Crippen LogP contribution in [0, 0.1) is 11.8 Å². The fourth-order valence-electron chi connectivity index (χ4n) is 6.53. The second-order valence-corrected chi connectivity index (χ2v) is 13.7. The van der Waals surface area contributed by atoms with Gasteiger partial charge < -0.3 is 14.2 Å². The lowest BCUT2D eigenvalue weighted by Gasteiger charge is -2.31. The van der Waals surface area contributed by atoms with Crippen LogP contribution in [0.2, 0.25) is 0 Å². The van der Waals surface area contributed by atoms with Crippen molar-refractivity contribution in [3.8, 4) is 17.2 Å². The van der Waals surface area contributed by atoms with E-state index in [-0.39, 0.29) is 0 Å². The predicted octanol–water partition coefficient (Wildman–Crippen LogP) is 12.5. The van der Waals surface area contributed by atoms with E-state index in [2.05, 4.69) is 29.8 Å². The monoisotopic (exact) mass is 670 g/mol. The number of unbranched alkanes of at least 4 members (excludes halogenated alkanes) is 11. The van der Waals surface area contributed by atoms with Crippen molar-refractivity contribution in [3.63, 3.8) is 0 Å².